The Morgan fingerprint density at radius 2 is 2.00 bits per heavy atom. The highest BCUT2D eigenvalue weighted by Gasteiger charge is 2.31. The summed E-state index contributed by atoms with van der Waals surface area (Å²) >= 11 is 6.38. The molecule has 0 unspecified atom stereocenters. The van der Waals surface area contributed by atoms with Gasteiger partial charge in [0.1, 0.15) is 16.7 Å². The number of nitrogens with zero attached hydrogens (tertiary/aromatic N) is 1. The number of nitrogens with one attached hydrogen (secondary N) is 1. The molecule has 1 heterocycles. The van der Waals surface area contributed by atoms with Gasteiger partial charge in [0.05, 0.1) is 4.91 Å². The molecule has 0 radical (unpaired) electrons. The molecule has 27 heavy (non-hydrogen) atoms. The number of unbranched alkanes of at least 4 members (excludes halogenated alkanes) is 2. The normalized spacial score (nSPS) is 15.4. The van der Waals surface area contributed by atoms with Gasteiger partial charge in [-0.1, -0.05) is 48.6 Å². The molecule has 1 fully saturated rings. The fourth-order valence-corrected chi connectivity index (χ4v) is 3.72. The topological polar surface area (TPSA) is 86.7 Å². The molecule has 1 aromatic rings. The lowest BCUT2D eigenvalue weighted by molar-refractivity contribution is -0.137. The van der Waals surface area contributed by atoms with Gasteiger partial charge in [-0.05, 0) is 25.0 Å². The van der Waals surface area contributed by atoms with Gasteiger partial charge in [0.2, 0.25) is 5.91 Å². The number of hydrogen-bond acceptors (Lipinski definition) is 5. The highest BCUT2D eigenvalue weighted by atomic mass is 32.2. The van der Waals surface area contributed by atoms with Gasteiger partial charge in [-0.2, -0.15) is 0 Å². The molecule has 0 aromatic heterocycles. The maximum absolute atomic E-state index is 13.7. The number of carboxylic acids is 1. The van der Waals surface area contributed by atoms with E-state index in [2.05, 4.69) is 5.32 Å². The fourth-order valence-electron chi connectivity index (χ4n) is 2.42. The fraction of sp³-hybridized carbons (Fsp3) is 0.333. The number of benzene rings is 1. The molecule has 2 N–H and O–H groups in total. The smallest absolute Gasteiger partial charge is 0.322 e. The Bertz CT molecular complexity index is 782. The number of thiocarbonyl (C=S) groups is 1. The molecule has 0 saturated carbocycles. The molecule has 9 heteroatoms. The van der Waals surface area contributed by atoms with Crippen LogP contribution in [0.2, 0.25) is 0 Å². The summed E-state index contributed by atoms with van der Waals surface area (Å²) in [4.78, 5) is 36.1. The maximum atomic E-state index is 13.7. The van der Waals surface area contributed by atoms with Crippen LogP contribution >= 0.6 is 24.0 Å². The quantitative estimate of drug-likeness (QED) is 0.370. The second kappa shape index (κ2) is 10.2. The van der Waals surface area contributed by atoms with Crippen molar-refractivity contribution in [1.29, 1.82) is 0 Å². The van der Waals surface area contributed by atoms with Crippen molar-refractivity contribution >= 4 is 52.2 Å². The van der Waals surface area contributed by atoms with Crippen LogP contribution in [0, 0.1) is 5.82 Å². The molecular formula is C18H19FN2O4S2. The van der Waals surface area contributed by atoms with E-state index in [4.69, 9.17) is 17.3 Å². The average Bonchev–Trinajstić information content (AvgIpc) is 2.88. The molecule has 0 atom stereocenters. The van der Waals surface area contributed by atoms with Crippen molar-refractivity contribution in [1.82, 2.24) is 10.2 Å². The maximum Gasteiger partial charge on any atom is 0.322 e. The van der Waals surface area contributed by atoms with E-state index in [1.54, 1.807) is 18.2 Å². The Morgan fingerprint density at radius 3 is 2.70 bits per heavy atom. The van der Waals surface area contributed by atoms with Crippen molar-refractivity contribution in [3.05, 3.63) is 40.6 Å². The number of thioether (sulfide) groups is 1. The van der Waals surface area contributed by atoms with Crippen LogP contribution in [0.15, 0.2) is 29.2 Å². The molecule has 144 valence electrons. The number of carboxylic acid groups (broad SMARTS) is 1. The van der Waals surface area contributed by atoms with E-state index in [0.717, 1.165) is 11.8 Å². The van der Waals surface area contributed by atoms with E-state index in [-0.39, 0.29) is 24.8 Å². The van der Waals surface area contributed by atoms with Gasteiger partial charge >= 0.3 is 5.97 Å². The summed E-state index contributed by atoms with van der Waals surface area (Å²) < 4.78 is 14.2. The van der Waals surface area contributed by atoms with Gasteiger partial charge in [0.25, 0.3) is 5.91 Å². The summed E-state index contributed by atoms with van der Waals surface area (Å²) in [6, 6.07) is 6.21. The van der Waals surface area contributed by atoms with E-state index >= 15 is 0 Å². The first kappa shape index (κ1) is 21.0. The van der Waals surface area contributed by atoms with E-state index in [0.29, 0.717) is 40.6 Å². The highest BCUT2D eigenvalue weighted by molar-refractivity contribution is 8.26. The molecule has 2 amide bonds. The van der Waals surface area contributed by atoms with Gasteiger partial charge in [0.15, 0.2) is 0 Å². The second-order valence-electron chi connectivity index (χ2n) is 5.84. The average molecular weight is 410 g/mol. The Hall–Kier alpha value is -2.26. The van der Waals surface area contributed by atoms with Crippen LogP contribution in [-0.4, -0.2) is 45.2 Å². The summed E-state index contributed by atoms with van der Waals surface area (Å²) in [7, 11) is 0. The van der Waals surface area contributed by atoms with Crippen LogP contribution in [0.3, 0.4) is 0 Å². The standard InChI is InChI=1S/C18H19FN2O4S2/c19-13-7-4-3-6-12(13)10-14-17(25)21(18(26)27-14)9-5-1-2-8-15(22)20-11-16(23)24/h3-4,6-7,10H,1-2,5,8-9,11H2,(H,20,22)(H,23,24)/b14-10-. The number of hydrogen-bond donors (Lipinski definition) is 2. The van der Waals surface area contributed by atoms with Gasteiger partial charge in [-0.25, -0.2) is 4.39 Å². The Balaban J connectivity index is 1.78. The Morgan fingerprint density at radius 1 is 1.26 bits per heavy atom. The zero-order valence-electron chi connectivity index (χ0n) is 14.4. The minimum absolute atomic E-state index is 0.235. The summed E-state index contributed by atoms with van der Waals surface area (Å²) in [6.45, 7) is 0.0414. The van der Waals surface area contributed by atoms with E-state index < -0.39 is 11.8 Å². The number of amides is 2. The Labute approximate surface area is 165 Å². The third-order valence-corrected chi connectivity index (χ3v) is 5.17. The van der Waals surface area contributed by atoms with Crippen molar-refractivity contribution in [2.75, 3.05) is 13.1 Å². The monoisotopic (exact) mass is 410 g/mol. The number of carbonyl (C=O) groups is 3. The first-order valence-electron chi connectivity index (χ1n) is 8.37. The molecule has 1 saturated heterocycles. The van der Waals surface area contributed by atoms with Crippen molar-refractivity contribution in [3.63, 3.8) is 0 Å². The van der Waals surface area contributed by atoms with Crippen LogP contribution in [0.4, 0.5) is 4.39 Å². The number of aliphatic carboxylic acids is 1. The van der Waals surface area contributed by atoms with Gasteiger partial charge < -0.3 is 10.4 Å². The predicted molar refractivity (Wildman–Crippen MR) is 105 cm³/mol. The summed E-state index contributed by atoms with van der Waals surface area (Å²) in [5.74, 6) is -2.03. The lowest BCUT2D eigenvalue weighted by Gasteiger charge is -2.14. The summed E-state index contributed by atoms with van der Waals surface area (Å²) in [5, 5.41) is 10.8. The lowest BCUT2D eigenvalue weighted by Crippen LogP contribution is -2.29. The van der Waals surface area contributed by atoms with Crippen LogP contribution in [-0.2, 0) is 14.4 Å². The third-order valence-electron chi connectivity index (χ3n) is 3.79. The van der Waals surface area contributed by atoms with Crippen LogP contribution < -0.4 is 5.32 Å². The molecule has 1 aliphatic rings. The molecule has 1 aliphatic heterocycles. The zero-order valence-corrected chi connectivity index (χ0v) is 16.1. The first-order chi connectivity index (χ1) is 12.9. The highest BCUT2D eigenvalue weighted by Crippen LogP contribution is 2.33. The molecule has 0 aliphatic carbocycles. The molecule has 1 aromatic carbocycles. The van der Waals surface area contributed by atoms with Crippen molar-refractivity contribution < 1.29 is 23.9 Å². The number of rotatable bonds is 9. The van der Waals surface area contributed by atoms with Crippen LogP contribution in [0.1, 0.15) is 31.2 Å². The van der Waals surface area contributed by atoms with Gasteiger partial charge in [0, 0.05) is 18.5 Å². The minimum Gasteiger partial charge on any atom is -0.480 e. The lowest BCUT2D eigenvalue weighted by atomic mass is 10.1. The van der Waals surface area contributed by atoms with Gasteiger partial charge in [-0.15, -0.1) is 0 Å². The number of carbonyl (C=O) groups excluding carboxylic acids is 2. The zero-order chi connectivity index (χ0) is 19.8. The first-order valence-corrected chi connectivity index (χ1v) is 9.59. The molecule has 0 bridgehead atoms. The summed E-state index contributed by atoms with van der Waals surface area (Å²) in [5.41, 5.74) is 0.338. The predicted octanol–water partition coefficient (Wildman–Crippen LogP) is 2.79. The van der Waals surface area contributed by atoms with E-state index in [1.165, 1.54) is 17.0 Å². The van der Waals surface area contributed by atoms with E-state index in [1.807, 2.05) is 0 Å². The molecular weight excluding hydrogens is 391 g/mol. The number of halogens is 1. The van der Waals surface area contributed by atoms with Crippen LogP contribution in [0.5, 0.6) is 0 Å². The molecule has 6 nitrogen and oxygen atoms in total. The van der Waals surface area contributed by atoms with Crippen molar-refractivity contribution in [2.45, 2.75) is 25.7 Å². The SMILES string of the molecule is O=C(O)CNC(=O)CCCCCN1C(=O)/C(=C/c2ccccc2F)SC1=S. The minimum atomic E-state index is -1.08. The van der Waals surface area contributed by atoms with E-state index in [9.17, 15) is 18.8 Å². The summed E-state index contributed by atoms with van der Waals surface area (Å²) in [6.07, 6.45) is 3.68. The third kappa shape index (κ3) is 6.44. The van der Waals surface area contributed by atoms with Crippen molar-refractivity contribution in [3.8, 4) is 0 Å². The van der Waals surface area contributed by atoms with Crippen molar-refractivity contribution in [2.24, 2.45) is 0 Å². The van der Waals surface area contributed by atoms with Gasteiger partial charge in [-0.3, -0.25) is 19.3 Å². The molecule has 2 rings (SSSR count). The Kier molecular flexibility index (Phi) is 7.93. The van der Waals surface area contributed by atoms with Crippen LogP contribution in [0.25, 0.3) is 6.08 Å². The molecule has 0 spiro atoms. The second-order valence-corrected chi connectivity index (χ2v) is 7.51. The largest absolute Gasteiger partial charge is 0.480 e.